The number of nitrogens with zero attached hydrogens (tertiary/aromatic N) is 4. The summed E-state index contributed by atoms with van der Waals surface area (Å²) in [7, 11) is -0.301. The second kappa shape index (κ2) is 7.30. The number of aromatic nitrogens is 3. The molecule has 2 rings (SSSR count). The third-order valence-corrected chi connectivity index (χ3v) is 7.25. The molecule has 24 heavy (non-hydrogen) atoms. The zero-order chi connectivity index (χ0) is 18.1. The van der Waals surface area contributed by atoms with Crippen LogP contribution in [0.15, 0.2) is 10.3 Å². The molecule has 9 heteroatoms. The second-order valence-electron chi connectivity index (χ2n) is 5.63. The number of aryl methyl sites for hydroxylation is 1. The van der Waals surface area contributed by atoms with Crippen LogP contribution >= 0.6 is 11.3 Å². The average Bonchev–Trinajstić information content (AvgIpc) is 3.11. The maximum Gasteiger partial charge on any atom is 0.246 e. The number of ether oxygens (including phenoxy) is 1. The highest BCUT2D eigenvalue weighted by Gasteiger charge is 2.28. The Labute approximate surface area is 147 Å². The summed E-state index contributed by atoms with van der Waals surface area (Å²) in [5.41, 5.74) is 1.98. The minimum Gasteiger partial charge on any atom is -0.375 e. The molecule has 0 aliphatic heterocycles. The highest BCUT2D eigenvalue weighted by Crippen LogP contribution is 2.25. The lowest BCUT2D eigenvalue weighted by atomic mass is 10.4. The van der Waals surface area contributed by atoms with Gasteiger partial charge in [0.1, 0.15) is 16.0 Å². The Kier molecular flexibility index (Phi) is 5.79. The number of hydrogen-bond donors (Lipinski definition) is 0. The van der Waals surface area contributed by atoms with Crippen molar-refractivity contribution in [1.29, 1.82) is 0 Å². The first kappa shape index (κ1) is 19.0. The van der Waals surface area contributed by atoms with Crippen molar-refractivity contribution in [2.45, 2.75) is 45.2 Å². The van der Waals surface area contributed by atoms with E-state index in [2.05, 4.69) is 10.1 Å². The quantitative estimate of drug-likeness (QED) is 0.745. The molecule has 0 aromatic carbocycles. The number of methoxy groups -OCH3 is 1. The van der Waals surface area contributed by atoms with Gasteiger partial charge in [-0.1, -0.05) is 6.92 Å². The van der Waals surface area contributed by atoms with Gasteiger partial charge in [-0.3, -0.25) is 4.68 Å². The smallest absolute Gasteiger partial charge is 0.246 e. The minimum absolute atomic E-state index is 0.0571. The monoisotopic (exact) mass is 372 g/mol. The van der Waals surface area contributed by atoms with Crippen LogP contribution in [0.1, 0.15) is 42.0 Å². The van der Waals surface area contributed by atoms with E-state index in [9.17, 15) is 8.42 Å². The van der Waals surface area contributed by atoms with Gasteiger partial charge in [-0.25, -0.2) is 17.7 Å². The first-order valence-electron chi connectivity index (χ1n) is 7.69. The fourth-order valence-corrected chi connectivity index (χ4v) is 4.76. The van der Waals surface area contributed by atoms with Crippen LogP contribution in [0.4, 0.5) is 0 Å². The van der Waals surface area contributed by atoms with Crippen molar-refractivity contribution in [2.24, 2.45) is 0 Å². The summed E-state index contributed by atoms with van der Waals surface area (Å²) in [4.78, 5) is 4.83. The van der Waals surface area contributed by atoms with Gasteiger partial charge in [0.25, 0.3) is 0 Å². The molecule has 0 amide bonds. The molecule has 7 nitrogen and oxygen atoms in total. The number of thiazole rings is 1. The Balaban J connectivity index is 2.34. The molecule has 0 N–H and O–H groups in total. The van der Waals surface area contributed by atoms with Crippen LogP contribution in [0, 0.1) is 13.8 Å². The predicted octanol–water partition coefficient (Wildman–Crippen LogP) is 2.35. The first-order valence-corrected chi connectivity index (χ1v) is 10.0. The first-order chi connectivity index (χ1) is 11.2. The maximum absolute atomic E-state index is 12.6. The van der Waals surface area contributed by atoms with Crippen LogP contribution < -0.4 is 0 Å². The largest absolute Gasteiger partial charge is 0.375 e. The van der Waals surface area contributed by atoms with Crippen LogP contribution in [0.25, 0.3) is 0 Å². The van der Waals surface area contributed by atoms with Crippen molar-refractivity contribution in [2.75, 3.05) is 20.7 Å². The number of hydrogen-bond acceptors (Lipinski definition) is 6. The second-order valence-corrected chi connectivity index (χ2v) is 8.50. The van der Waals surface area contributed by atoms with Gasteiger partial charge >= 0.3 is 0 Å². The van der Waals surface area contributed by atoms with E-state index >= 15 is 0 Å². The molecule has 2 aromatic heterocycles. The predicted molar refractivity (Wildman–Crippen MR) is 93.8 cm³/mol. The molecule has 0 aliphatic carbocycles. The van der Waals surface area contributed by atoms with E-state index < -0.39 is 10.0 Å². The minimum atomic E-state index is -3.52. The number of sulfonamides is 1. The van der Waals surface area contributed by atoms with Crippen LogP contribution in [-0.2, 0) is 21.3 Å². The van der Waals surface area contributed by atoms with Crippen molar-refractivity contribution in [3.63, 3.8) is 0 Å². The molecule has 134 valence electrons. The van der Waals surface area contributed by atoms with Crippen molar-refractivity contribution >= 4 is 21.4 Å². The van der Waals surface area contributed by atoms with Crippen molar-refractivity contribution in [1.82, 2.24) is 19.1 Å². The zero-order valence-corrected chi connectivity index (χ0v) is 16.5. The Bertz CT molecular complexity index is 811. The maximum atomic E-state index is 12.6. The molecule has 0 bridgehead atoms. The third kappa shape index (κ3) is 3.53. The van der Waals surface area contributed by atoms with Crippen LogP contribution in [0.3, 0.4) is 0 Å². The highest BCUT2D eigenvalue weighted by atomic mass is 32.2. The summed E-state index contributed by atoms with van der Waals surface area (Å²) in [6.07, 6.45) is -0.0571. The molecule has 2 aromatic rings. The molecule has 0 fully saturated rings. The summed E-state index contributed by atoms with van der Waals surface area (Å²) in [6.45, 7) is 8.10. The fraction of sp³-hybridized carbons (Fsp3) is 0.600. The van der Waals surface area contributed by atoms with Gasteiger partial charge in [0.05, 0.1) is 23.6 Å². The highest BCUT2D eigenvalue weighted by molar-refractivity contribution is 7.89. The van der Waals surface area contributed by atoms with Gasteiger partial charge in [-0.15, -0.1) is 11.3 Å². The Hall–Kier alpha value is -1.29. The van der Waals surface area contributed by atoms with E-state index in [1.807, 2.05) is 12.3 Å². The molecule has 0 radical (unpaired) electrons. The van der Waals surface area contributed by atoms with E-state index in [1.165, 1.54) is 15.6 Å². The summed E-state index contributed by atoms with van der Waals surface area (Å²) >= 11 is 1.53. The lowest BCUT2D eigenvalue weighted by Gasteiger charge is -2.15. The molecule has 1 unspecified atom stereocenters. The summed E-state index contributed by atoms with van der Waals surface area (Å²) in [5, 5.41) is 7.25. The Morgan fingerprint density at radius 1 is 1.42 bits per heavy atom. The molecular formula is C15H24N4O3S2. The van der Waals surface area contributed by atoms with Gasteiger partial charge in [0, 0.05) is 26.1 Å². The van der Waals surface area contributed by atoms with E-state index in [-0.39, 0.29) is 11.0 Å². The Morgan fingerprint density at radius 2 is 2.08 bits per heavy atom. The van der Waals surface area contributed by atoms with Gasteiger partial charge in [0.15, 0.2) is 0 Å². The third-order valence-electron chi connectivity index (χ3n) is 4.01. The van der Waals surface area contributed by atoms with Crippen molar-refractivity contribution < 1.29 is 13.2 Å². The molecule has 1 atom stereocenters. The zero-order valence-electron chi connectivity index (χ0n) is 14.9. The molecule has 0 saturated heterocycles. The van der Waals surface area contributed by atoms with Crippen LogP contribution in [-0.4, -0.2) is 48.2 Å². The SMILES string of the molecule is CCN(C)S(=O)(=O)c1c(C)nn(Cc2csc(C(C)OC)n2)c1C. The van der Waals surface area contributed by atoms with Crippen molar-refractivity contribution in [3.8, 4) is 0 Å². The van der Waals surface area contributed by atoms with E-state index in [0.29, 0.717) is 24.5 Å². The molecule has 0 saturated carbocycles. The average molecular weight is 373 g/mol. The summed E-state index contributed by atoms with van der Waals surface area (Å²) in [5.74, 6) is 0. The van der Waals surface area contributed by atoms with Gasteiger partial charge in [-0.2, -0.15) is 5.10 Å². The van der Waals surface area contributed by atoms with Gasteiger partial charge in [0.2, 0.25) is 10.0 Å². The topological polar surface area (TPSA) is 77.3 Å². The molecule has 0 aliphatic rings. The fourth-order valence-electron chi connectivity index (χ4n) is 2.37. The summed E-state index contributed by atoms with van der Waals surface area (Å²) < 4.78 is 33.6. The normalized spacial score (nSPS) is 13.6. The van der Waals surface area contributed by atoms with Gasteiger partial charge in [-0.05, 0) is 20.8 Å². The van der Waals surface area contributed by atoms with Crippen LogP contribution in [0.2, 0.25) is 0 Å². The van der Waals surface area contributed by atoms with E-state index in [1.54, 1.807) is 39.6 Å². The van der Waals surface area contributed by atoms with Crippen molar-refractivity contribution in [3.05, 3.63) is 27.5 Å². The van der Waals surface area contributed by atoms with E-state index in [4.69, 9.17) is 4.74 Å². The van der Waals surface area contributed by atoms with Gasteiger partial charge < -0.3 is 4.74 Å². The Morgan fingerprint density at radius 3 is 2.67 bits per heavy atom. The van der Waals surface area contributed by atoms with E-state index in [0.717, 1.165) is 10.7 Å². The van der Waals surface area contributed by atoms with Crippen LogP contribution in [0.5, 0.6) is 0 Å². The lowest BCUT2D eigenvalue weighted by Crippen LogP contribution is -2.27. The molecule has 0 spiro atoms. The summed E-state index contributed by atoms with van der Waals surface area (Å²) in [6, 6.07) is 0. The number of rotatable bonds is 7. The molecular weight excluding hydrogens is 348 g/mol. The molecule has 2 heterocycles. The lowest BCUT2D eigenvalue weighted by molar-refractivity contribution is 0.119. The standard InChI is InChI=1S/C15H24N4O3S2/c1-7-18(5)24(20,21)14-10(2)17-19(11(14)3)8-13-9-23-15(16-13)12(4)22-6/h9,12H,7-8H2,1-6H3.